The van der Waals surface area contributed by atoms with E-state index in [0.717, 1.165) is 38.9 Å². The molecule has 1 heterocycles. The van der Waals surface area contributed by atoms with Crippen LogP contribution in [0.3, 0.4) is 0 Å². The number of hydrogen-bond donors (Lipinski definition) is 1. The first-order chi connectivity index (χ1) is 8.63. The van der Waals surface area contributed by atoms with E-state index in [-0.39, 0.29) is 11.5 Å². The molecule has 1 fully saturated rings. The number of rotatable bonds is 4. The van der Waals surface area contributed by atoms with Gasteiger partial charge in [0.25, 0.3) is 0 Å². The minimum absolute atomic E-state index is 0.173. The van der Waals surface area contributed by atoms with Gasteiger partial charge in [-0.2, -0.15) is 0 Å². The highest BCUT2D eigenvalue weighted by Gasteiger charge is 2.30. The number of carbonyl (C=O) groups is 1. The predicted octanol–water partition coefficient (Wildman–Crippen LogP) is 3.01. The molecule has 1 atom stereocenters. The molecule has 0 spiro atoms. The molecule has 4 nitrogen and oxygen atoms in total. The number of nitrogens with two attached hydrogens (primary N) is 1. The molecule has 1 aliphatic rings. The molecule has 1 amide bonds. The maximum atomic E-state index is 11.9. The van der Waals surface area contributed by atoms with Gasteiger partial charge in [-0.25, -0.2) is 4.79 Å². The van der Waals surface area contributed by atoms with Gasteiger partial charge in [0.15, 0.2) is 0 Å². The molecule has 0 radical (unpaired) electrons. The van der Waals surface area contributed by atoms with Gasteiger partial charge >= 0.3 is 6.09 Å². The van der Waals surface area contributed by atoms with E-state index in [1.165, 1.54) is 0 Å². The summed E-state index contributed by atoms with van der Waals surface area (Å²) in [4.78, 5) is 13.8. The Morgan fingerprint density at radius 1 is 1.32 bits per heavy atom. The lowest BCUT2D eigenvalue weighted by molar-refractivity contribution is 0.0287. The van der Waals surface area contributed by atoms with Crippen molar-refractivity contribution in [3.05, 3.63) is 0 Å². The SMILES string of the molecule is CC(C)(CN)CCC1CCN(C(=O)OC(C)(C)C)C1. The Morgan fingerprint density at radius 2 is 1.95 bits per heavy atom. The van der Waals surface area contributed by atoms with Gasteiger partial charge < -0.3 is 15.4 Å². The molecule has 0 bridgehead atoms. The molecular formula is C15H30N2O2. The van der Waals surface area contributed by atoms with Crippen molar-refractivity contribution in [3.8, 4) is 0 Å². The monoisotopic (exact) mass is 270 g/mol. The third-order valence-electron chi connectivity index (χ3n) is 3.72. The first kappa shape index (κ1) is 16.3. The van der Waals surface area contributed by atoms with Crippen LogP contribution in [0.2, 0.25) is 0 Å². The second kappa shape index (κ2) is 6.12. The summed E-state index contributed by atoms with van der Waals surface area (Å²) < 4.78 is 5.40. The quantitative estimate of drug-likeness (QED) is 0.854. The lowest BCUT2D eigenvalue weighted by Gasteiger charge is -2.25. The fraction of sp³-hybridized carbons (Fsp3) is 0.933. The Kier molecular flexibility index (Phi) is 5.25. The number of carbonyl (C=O) groups excluding carboxylic acids is 1. The zero-order valence-electron chi connectivity index (χ0n) is 13.2. The van der Waals surface area contributed by atoms with Crippen molar-refractivity contribution in [3.63, 3.8) is 0 Å². The smallest absolute Gasteiger partial charge is 0.410 e. The molecule has 0 aromatic carbocycles. The van der Waals surface area contributed by atoms with Crippen LogP contribution in [-0.4, -0.2) is 36.2 Å². The molecule has 112 valence electrons. The number of amides is 1. The van der Waals surface area contributed by atoms with Crippen molar-refractivity contribution in [2.45, 2.75) is 59.5 Å². The summed E-state index contributed by atoms with van der Waals surface area (Å²) in [6.07, 6.45) is 3.17. The van der Waals surface area contributed by atoms with Crippen LogP contribution in [0, 0.1) is 11.3 Å². The molecule has 4 heteroatoms. The van der Waals surface area contributed by atoms with E-state index >= 15 is 0 Å². The maximum absolute atomic E-state index is 11.9. The number of likely N-dealkylation sites (tertiary alicyclic amines) is 1. The normalized spacial score (nSPS) is 20.7. The number of nitrogens with zero attached hydrogens (tertiary/aromatic N) is 1. The molecule has 0 aromatic heterocycles. The standard InChI is InChI=1S/C15H30N2O2/c1-14(2,3)19-13(18)17-9-7-12(10-17)6-8-15(4,5)11-16/h12H,6-11,16H2,1-5H3. The van der Waals surface area contributed by atoms with Gasteiger partial charge in [-0.1, -0.05) is 13.8 Å². The van der Waals surface area contributed by atoms with E-state index in [2.05, 4.69) is 13.8 Å². The second-order valence-electron chi connectivity index (χ2n) is 7.49. The fourth-order valence-corrected chi connectivity index (χ4v) is 2.26. The van der Waals surface area contributed by atoms with Gasteiger partial charge in [-0.05, 0) is 57.9 Å². The van der Waals surface area contributed by atoms with Crippen molar-refractivity contribution in [1.82, 2.24) is 4.90 Å². The topological polar surface area (TPSA) is 55.6 Å². The van der Waals surface area contributed by atoms with Crippen molar-refractivity contribution in [2.24, 2.45) is 17.1 Å². The van der Waals surface area contributed by atoms with Gasteiger partial charge in [0.2, 0.25) is 0 Å². The van der Waals surface area contributed by atoms with Gasteiger partial charge in [0.1, 0.15) is 5.60 Å². The number of ether oxygens (including phenoxy) is 1. The predicted molar refractivity (Wildman–Crippen MR) is 78.0 cm³/mol. The summed E-state index contributed by atoms with van der Waals surface area (Å²) in [7, 11) is 0. The Hall–Kier alpha value is -0.770. The zero-order chi connectivity index (χ0) is 14.7. The molecule has 0 aromatic rings. The van der Waals surface area contributed by atoms with Crippen molar-refractivity contribution < 1.29 is 9.53 Å². The number of hydrogen-bond acceptors (Lipinski definition) is 3. The first-order valence-electron chi connectivity index (χ1n) is 7.31. The van der Waals surface area contributed by atoms with Gasteiger partial charge in [-0.15, -0.1) is 0 Å². The van der Waals surface area contributed by atoms with E-state index in [4.69, 9.17) is 10.5 Å². The average Bonchev–Trinajstić information content (AvgIpc) is 2.73. The van der Waals surface area contributed by atoms with Crippen LogP contribution in [0.4, 0.5) is 4.79 Å². The van der Waals surface area contributed by atoms with Crippen LogP contribution >= 0.6 is 0 Å². The zero-order valence-corrected chi connectivity index (χ0v) is 13.2. The van der Waals surface area contributed by atoms with Crippen molar-refractivity contribution >= 4 is 6.09 Å². The summed E-state index contributed by atoms with van der Waals surface area (Å²) in [6.45, 7) is 12.5. The Balaban J connectivity index is 2.36. The molecular weight excluding hydrogens is 240 g/mol. The van der Waals surface area contributed by atoms with Crippen LogP contribution < -0.4 is 5.73 Å². The molecule has 1 saturated heterocycles. The van der Waals surface area contributed by atoms with Crippen molar-refractivity contribution in [2.75, 3.05) is 19.6 Å². The maximum Gasteiger partial charge on any atom is 0.410 e. The molecule has 1 unspecified atom stereocenters. The lowest BCUT2D eigenvalue weighted by atomic mass is 9.84. The molecule has 0 saturated carbocycles. The van der Waals surface area contributed by atoms with Crippen molar-refractivity contribution in [1.29, 1.82) is 0 Å². The molecule has 19 heavy (non-hydrogen) atoms. The second-order valence-corrected chi connectivity index (χ2v) is 7.49. The van der Waals surface area contributed by atoms with Gasteiger partial charge in [-0.3, -0.25) is 0 Å². The van der Waals surface area contributed by atoms with Crippen LogP contribution in [0.15, 0.2) is 0 Å². The van der Waals surface area contributed by atoms with Gasteiger partial charge in [0.05, 0.1) is 0 Å². The van der Waals surface area contributed by atoms with E-state index in [9.17, 15) is 4.79 Å². The summed E-state index contributed by atoms with van der Waals surface area (Å²) in [5.74, 6) is 0.596. The summed E-state index contributed by atoms with van der Waals surface area (Å²) in [6, 6.07) is 0. The third kappa shape index (κ3) is 5.81. The fourth-order valence-electron chi connectivity index (χ4n) is 2.26. The Bertz CT molecular complexity index is 308. The van der Waals surface area contributed by atoms with E-state index in [0.29, 0.717) is 5.92 Å². The van der Waals surface area contributed by atoms with Crippen LogP contribution in [0.25, 0.3) is 0 Å². The third-order valence-corrected chi connectivity index (χ3v) is 3.72. The van der Waals surface area contributed by atoms with Crippen LogP contribution in [-0.2, 0) is 4.74 Å². The van der Waals surface area contributed by atoms with Crippen LogP contribution in [0.1, 0.15) is 53.9 Å². The van der Waals surface area contributed by atoms with Gasteiger partial charge in [0, 0.05) is 13.1 Å². The lowest BCUT2D eigenvalue weighted by Crippen LogP contribution is -2.35. The Labute approximate surface area is 117 Å². The summed E-state index contributed by atoms with van der Waals surface area (Å²) >= 11 is 0. The van der Waals surface area contributed by atoms with Crippen LogP contribution in [0.5, 0.6) is 0 Å². The summed E-state index contributed by atoms with van der Waals surface area (Å²) in [5, 5.41) is 0. The molecule has 1 rings (SSSR count). The van der Waals surface area contributed by atoms with E-state index in [1.54, 1.807) is 0 Å². The average molecular weight is 270 g/mol. The highest BCUT2D eigenvalue weighted by atomic mass is 16.6. The molecule has 0 aliphatic carbocycles. The highest BCUT2D eigenvalue weighted by molar-refractivity contribution is 5.68. The minimum atomic E-state index is -0.406. The largest absolute Gasteiger partial charge is 0.444 e. The van der Waals surface area contributed by atoms with E-state index in [1.807, 2.05) is 25.7 Å². The highest BCUT2D eigenvalue weighted by Crippen LogP contribution is 2.28. The minimum Gasteiger partial charge on any atom is -0.444 e. The Morgan fingerprint density at radius 3 is 2.47 bits per heavy atom. The van der Waals surface area contributed by atoms with E-state index < -0.39 is 5.60 Å². The summed E-state index contributed by atoms with van der Waals surface area (Å²) in [5.41, 5.74) is 5.55. The molecule has 2 N–H and O–H groups in total. The first-order valence-corrected chi connectivity index (χ1v) is 7.31. The molecule has 1 aliphatic heterocycles.